The Kier molecular flexibility index (Phi) is 9.00. The van der Waals surface area contributed by atoms with Gasteiger partial charge < -0.3 is 9.89 Å². The normalized spacial score (nSPS) is 5.71. The molecule has 0 spiro atoms. The topological polar surface area (TPSA) is 57.3 Å². The Balaban J connectivity index is 0. The van der Waals surface area contributed by atoms with Gasteiger partial charge in [-0.05, 0) is 0 Å². The predicted molar refractivity (Wildman–Crippen MR) is 23.0 cm³/mol. The van der Waals surface area contributed by atoms with E-state index >= 15 is 0 Å². The van der Waals surface area contributed by atoms with Gasteiger partial charge >= 0.3 is 6.39 Å². The van der Waals surface area contributed by atoms with Crippen LogP contribution in [0.15, 0.2) is 23.3 Å². The first kappa shape index (κ1) is 10.2. The number of aromatic amines is 1. The number of aromatic nitrogens is 1. The van der Waals surface area contributed by atoms with Crippen LogP contribution in [-0.4, -0.2) is 35.0 Å². The van der Waals surface area contributed by atoms with Crippen LogP contribution in [0.4, 0.5) is 0 Å². The van der Waals surface area contributed by atoms with Crippen molar-refractivity contribution in [2.24, 2.45) is 0 Å². The molecule has 3 nitrogen and oxygen atoms in total. The van der Waals surface area contributed by atoms with Crippen molar-refractivity contribution in [2.75, 3.05) is 0 Å². The summed E-state index contributed by atoms with van der Waals surface area (Å²) in [5, 5.41) is 0. The fraction of sp³-hybridized carbons (Fsp3) is 0. The zero-order chi connectivity index (χ0) is 3.54. The van der Waals surface area contributed by atoms with Crippen LogP contribution in [0.2, 0.25) is 0 Å². The van der Waals surface area contributed by atoms with Gasteiger partial charge in [-0.3, -0.25) is 0 Å². The molecule has 0 fully saturated rings. The fourth-order valence-corrected chi connectivity index (χ4v) is 0.196. The van der Waals surface area contributed by atoms with Gasteiger partial charge in [-0.2, -0.15) is 4.98 Å². The van der Waals surface area contributed by atoms with Crippen LogP contribution < -0.4 is 4.98 Å². The van der Waals surface area contributed by atoms with Gasteiger partial charge in [-0.1, -0.05) is 0 Å². The summed E-state index contributed by atoms with van der Waals surface area (Å²) in [5.41, 5.74) is 0. The van der Waals surface area contributed by atoms with Crippen molar-refractivity contribution in [1.82, 2.24) is 0 Å². The van der Waals surface area contributed by atoms with E-state index in [1.165, 1.54) is 6.39 Å². The van der Waals surface area contributed by atoms with Gasteiger partial charge in [0.2, 0.25) is 6.20 Å². The first-order chi connectivity index (χ1) is 2.50. The van der Waals surface area contributed by atoms with Crippen molar-refractivity contribution in [2.45, 2.75) is 0 Å². The van der Waals surface area contributed by atoms with E-state index in [2.05, 4.69) is 9.40 Å². The van der Waals surface area contributed by atoms with Gasteiger partial charge in [0.25, 0.3) is 0 Å². The molecule has 4 heteroatoms. The van der Waals surface area contributed by atoms with Gasteiger partial charge in [0, 0.05) is 29.6 Å². The molecule has 35 valence electrons. The van der Waals surface area contributed by atoms with E-state index in [-0.39, 0.29) is 35.0 Å². The summed E-state index contributed by atoms with van der Waals surface area (Å²) in [6.45, 7) is 0. The molecular formula is C3H5NNaO2. The summed E-state index contributed by atoms with van der Waals surface area (Å²) in [6.07, 6.45) is 4.78. The van der Waals surface area contributed by atoms with Crippen LogP contribution in [0.5, 0.6) is 0 Å². The monoisotopic (exact) mass is 110 g/mol. The predicted octanol–water partition coefficient (Wildman–Crippen LogP) is -0.464. The van der Waals surface area contributed by atoms with Gasteiger partial charge in [0.1, 0.15) is 0 Å². The van der Waals surface area contributed by atoms with E-state index in [9.17, 15) is 0 Å². The van der Waals surface area contributed by atoms with Gasteiger partial charge in [-0.15, -0.1) is 0 Å². The van der Waals surface area contributed by atoms with Crippen LogP contribution in [0.3, 0.4) is 0 Å². The van der Waals surface area contributed by atoms with Crippen molar-refractivity contribution in [3.05, 3.63) is 18.9 Å². The number of oxazole rings is 1. The maximum Gasteiger partial charge on any atom is 0.332 e. The van der Waals surface area contributed by atoms with Crippen LogP contribution in [0.1, 0.15) is 0 Å². The molecule has 0 aliphatic carbocycles. The summed E-state index contributed by atoms with van der Waals surface area (Å²) in [6, 6.07) is 0. The Bertz CT molecular complexity index is 69.4. The molecule has 0 unspecified atom stereocenters. The van der Waals surface area contributed by atoms with Crippen molar-refractivity contribution in [1.29, 1.82) is 0 Å². The molecule has 2 N–H and O–H groups in total. The molecule has 0 aromatic carbocycles. The molecule has 0 aliphatic heterocycles. The molecule has 0 bridgehead atoms. The Hall–Kier alpha value is 0.170. The summed E-state index contributed by atoms with van der Waals surface area (Å²) >= 11 is 0. The Labute approximate surface area is 63.3 Å². The first-order valence-corrected chi connectivity index (χ1v) is 1.38. The maximum atomic E-state index is 4.53. The summed E-state index contributed by atoms with van der Waals surface area (Å²) in [5.74, 6) is 0. The standard InChI is InChI=1S/C3H3NO.Na.H2O/c1-2-5-3-4-1;;/h1-3H;;1H2. The van der Waals surface area contributed by atoms with E-state index in [1.807, 2.05) is 0 Å². The number of nitrogens with one attached hydrogen (secondary N) is 1. The van der Waals surface area contributed by atoms with Crippen molar-refractivity contribution in [3.8, 4) is 0 Å². The second kappa shape index (κ2) is 6.17. The van der Waals surface area contributed by atoms with E-state index in [0.29, 0.717) is 0 Å². The third-order valence-electron chi connectivity index (χ3n) is 0.379. The van der Waals surface area contributed by atoms with Gasteiger partial charge in [0.05, 0.1) is 0 Å². The number of hydrogen-bond acceptors (Lipinski definition) is 2. The molecule has 1 rings (SSSR count). The third kappa shape index (κ3) is 4.01. The molecule has 0 saturated heterocycles. The minimum absolute atomic E-state index is 0. The average Bonchev–Trinajstić information content (AvgIpc) is 1.76. The molecule has 0 aliphatic rings. The van der Waals surface area contributed by atoms with Crippen molar-refractivity contribution < 1.29 is 14.9 Å². The number of H-pyrrole nitrogens is 1. The summed E-state index contributed by atoms with van der Waals surface area (Å²) in [4.78, 5) is 2.69. The van der Waals surface area contributed by atoms with Crippen molar-refractivity contribution >= 4 is 29.6 Å². The Morgan fingerprint density at radius 3 is 2.29 bits per heavy atom. The summed E-state index contributed by atoms with van der Waals surface area (Å²) in [7, 11) is 0. The van der Waals surface area contributed by atoms with Gasteiger partial charge in [-0.25, -0.2) is 0 Å². The van der Waals surface area contributed by atoms with Crippen LogP contribution in [-0.2, 0) is 0 Å². The third-order valence-corrected chi connectivity index (χ3v) is 0.379. The van der Waals surface area contributed by atoms with Crippen LogP contribution in [0, 0.1) is 0 Å². The quantitative estimate of drug-likeness (QED) is 0.424. The van der Waals surface area contributed by atoms with E-state index in [1.54, 1.807) is 12.5 Å². The van der Waals surface area contributed by atoms with Crippen LogP contribution in [0.25, 0.3) is 0 Å². The zero-order valence-electron chi connectivity index (χ0n) is 4.09. The Morgan fingerprint density at radius 2 is 2.14 bits per heavy atom. The smallest absolute Gasteiger partial charge is 0.332 e. The maximum absolute atomic E-state index is 4.53. The molecule has 7 heavy (non-hydrogen) atoms. The SMILES string of the molecule is [Na].[OH-].c1coc[nH+]1. The average molecular weight is 110 g/mol. The molecule has 0 saturated carbocycles. The molecule has 1 heterocycles. The van der Waals surface area contributed by atoms with Crippen LogP contribution >= 0.6 is 0 Å². The minimum Gasteiger partial charge on any atom is -0.870 e. The van der Waals surface area contributed by atoms with Gasteiger partial charge in [0.15, 0.2) is 6.26 Å². The molecule has 1 aromatic rings. The van der Waals surface area contributed by atoms with E-state index < -0.39 is 0 Å². The number of rotatable bonds is 0. The van der Waals surface area contributed by atoms with Crippen molar-refractivity contribution in [3.63, 3.8) is 0 Å². The first-order valence-electron chi connectivity index (χ1n) is 1.38. The largest absolute Gasteiger partial charge is 0.870 e. The number of hydrogen-bond donors (Lipinski definition) is 0. The fourth-order valence-electron chi connectivity index (χ4n) is 0.196. The van der Waals surface area contributed by atoms with E-state index in [0.717, 1.165) is 0 Å². The molecule has 1 aromatic heterocycles. The molecule has 0 amide bonds. The molecule has 0 atom stereocenters. The molecular weight excluding hydrogens is 105 g/mol. The minimum atomic E-state index is 0. The molecule has 1 radical (unpaired) electrons. The second-order valence-corrected chi connectivity index (χ2v) is 0.723. The Morgan fingerprint density at radius 1 is 1.43 bits per heavy atom. The summed E-state index contributed by atoms with van der Waals surface area (Å²) < 4.78 is 4.53. The second-order valence-electron chi connectivity index (χ2n) is 0.723. The zero-order valence-corrected chi connectivity index (χ0v) is 6.09. The van der Waals surface area contributed by atoms with E-state index in [4.69, 9.17) is 0 Å².